The van der Waals surface area contributed by atoms with Crippen molar-refractivity contribution in [1.82, 2.24) is 4.90 Å². The third kappa shape index (κ3) is 3.67. The average Bonchev–Trinajstić information content (AvgIpc) is 3.10. The lowest BCUT2D eigenvalue weighted by Crippen LogP contribution is -2.43. The van der Waals surface area contributed by atoms with Crippen molar-refractivity contribution in [2.75, 3.05) is 26.7 Å². The second-order valence-corrected chi connectivity index (χ2v) is 6.43. The maximum absolute atomic E-state index is 12.5. The molecule has 1 aromatic carbocycles. The Hall–Kier alpha value is -1.59. The Bertz CT molecular complexity index is 524. The maximum Gasteiger partial charge on any atom is 0.251 e. The number of carbonyl (C=O) groups excluding carboxylic acids is 1. The third-order valence-corrected chi connectivity index (χ3v) is 5.04. The van der Waals surface area contributed by atoms with E-state index in [0.717, 1.165) is 44.5 Å². The molecule has 2 aliphatic rings. The standard InChI is InChI=1S/C18H26N2O3/c1-22-15-4-2-13(3-5-15)14-8-10-20(11-9-14)18(21)17-7-6-16(12-19)23-17/h2-5,14,16-17H,6-12,19H2,1H3/t16-,17+/m1/s1. The summed E-state index contributed by atoms with van der Waals surface area (Å²) in [6.45, 7) is 2.12. The second-order valence-electron chi connectivity index (χ2n) is 6.43. The highest BCUT2D eigenvalue weighted by atomic mass is 16.5. The first kappa shape index (κ1) is 16.3. The van der Waals surface area contributed by atoms with Crippen molar-refractivity contribution in [3.8, 4) is 5.75 Å². The summed E-state index contributed by atoms with van der Waals surface area (Å²) in [5.41, 5.74) is 6.95. The average molecular weight is 318 g/mol. The van der Waals surface area contributed by atoms with Gasteiger partial charge in [-0.2, -0.15) is 0 Å². The number of piperidine rings is 1. The van der Waals surface area contributed by atoms with E-state index in [9.17, 15) is 4.79 Å². The van der Waals surface area contributed by atoms with Crippen LogP contribution < -0.4 is 10.5 Å². The van der Waals surface area contributed by atoms with Crippen LogP contribution in [0.3, 0.4) is 0 Å². The molecule has 1 amide bonds. The summed E-state index contributed by atoms with van der Waals surface area (Å²) in [4.78, 5) is 14.5. The Balaban J connectivity index is 1.52. The molecule has 5 heteroatoms. The van der Waals surface area contributed by atoms with Crippen LogP contribution >= 0.6 is 0 Å². The minimum Gasteiger partial charge on any atom is -0.497 e. The summed E-state index contributed by atoms with van der Waals surface area (Å²) < 4.78 is 10.9. The minimum atomic E-state index is -0.277. The van der Waals surface area contributed by atoms with Crippen LogP contribution in [0, 0.1) is 0 Å². The highest BCUT2D eigenvalue weighted by Crippen LogP contribution is 2.30. The zero-order valence-corrected chi connectivity index (χ0v) is 13.7. The molecule has 1 aromatic rings. The molecule has 0 spiro atoms. The van der Waals surface area contributed by atoms with Gasteiger partial charge >= 0.3 is 0 Å². The van der Waals surface area contributed by atoms with Crippen molar-refractivity contribution < 1.29 is 14.3 Å². The molecule has 0 aliphatic carbocycles. The molecule has 126 valence electrons. The van der Waals surface area contributed by atoms with E-state index in [2.05, 4.69) is 12.1 Å². The lowest BCUT2D eigenvalue weighted by molar-refractivity contribution is -0.143. The summed E-state index contributed by atoms with van der Waals surface area (Å²) in [6.07, 6.45) is 3.49. The first-order chi connectivity index (χ1) is 11.2. The Kier molecular flexibility index (Phi) is 5.18. The zero-order valence-electron chi connectivity index (χ0n) is 13.7. The van der Waals surface area contributed by atoms with Gasteiger partial charge in [0.05, 0.1) is 13.2 Å². The number of ether oxygens (including phenoxy) is 2. The fourth-order valence-corrected chi connectivity index (χ4v) is 3.57. The lowest BCUT2D eigenvalue weighted by atomic mass is 9.89. The molecule has 3 rings (SSSR count). The third-order valence-electron chi connectivity index (χ3n) is 5.04. The number of nitrogens with zero attached hydrogens (tertiary/aromatic N) is 1. The van der Waals surface area contributed by atoms with Crippen LogP contribution in [0.4, 0.5) is 0 Å². The van der Waals surface area contributed by atoms with E-state index >= 15 is 0 Å². The molecule has 2 heterocycles. The van der Waals surface area contributed by atoms with Crippen molar-refractivity contribution in [2.45, 2.75) is 43.8 Å². The quantitative estimate of drug-likeness (QED) is 0.921. The predicted octanol–water partition coefficient (Wildman–Crippen LogP) is 1.91. The van der Waals surface area contributed by atoms with Crippen LogP contribution in [-0.4, -0.2) is 49.8 Å². The summed E-state index contributed by atoms with van der Waals surface area (Å²) in [6, 6.07) is 8.28. The summed E-state index contributed by atoms with van der Waals surface area (Å²) >= 11 is 0. The molecular formula is C18H26N2O3. The van der Waals surface area contributed by atoms with Crippen molar-refractivity contribution in [2.24, 2.45) is 5.73 Å². The Labute approximate surface area is 137 Å². The molecule has 0 aromatic heterocycles. The smallest absolute Gasteiger partial charge is 0.251 e. The number of hydrogen-bond acceptors (Lipinski definition) is 4. The van der Waals surface area contributed by atoms with E-state index in [1.165, 1.54) is 5.56 Å². The summed E-state index contributed by atoms with van der Waals surface area (Å²) in [5.74, 6) is 1.55. The predicted molar refractivity (Wildman–Crippen MR) is 88.5 cm³/mol. The van der Waals surface area contributed by atoms with Gasteiger partial charge in [-0.1, -0.05) is 12.1 Å². The van der Waals surface area contributed by atoms with Crippen LogP contribution in [-0.2, 0) is 9.53 Å². The highest BCUT2D eigenvalue weighted by molar-refractivity contribution is 5.81. The van der Waals surface area contributed by atoms with E-state index in [4.69, 9.17) is 15.2 Å². The van der Waals surface area contributed by atoms with Crippen molar-refractivity contribution in [3.05, 3.63) is 29.8 Å². The molecule has 0 saturated carbocycles. The van der Waals surface area contributed by atoms with E-state index in [1.54, 1.807) is 7.11 Å². The Morgan fingerprint density at radius 1 is 1.22 bits per heavy atom. The number of benzene rings is 1. The summed E-state index contributed by atoms with van der Waals surface area (Å²) in [7, 11) is 1.68. The molecule has 2 fully saturated rings. The Morgan fingerprint density at radius 3 is 2.48 bits per heavy atom. The molecular weight excluding hydrogens is 292 g/mol. The van der Waals surface area contributed by atoms with Gasteiger partial charge in [-0.3, -0.25) is 4.79 Å². The van der Waals surface area contributed by atoms with E-state index in [1.807, 2.05) is 17.0 Å². The van der Waals surface area contributed by atoms with Crippen LogP contribution in [0.5, 0.6) is 5.75 Å². The lowest BCUT2D eigenvalue weighted by Gasteiger charge is -2.33. The monoisotopic (exact) mass is 318 g/mol. The molecule has 2 atom stereocenters. The Morgan fingerprint density at radius 2 is 1.91 bits per heavy atom. The topological polar surface area (TPSA) is 64.8 Å². The largest absolute Gasteiger partial charge is 0.497 e. The molecule has 2 saturated heterocycles. The number of likely N-dealkylation sites (tertiary alicyclic amines) is 1. The normalized spacial score (nSPS) is 25.6. The number of nitrogens with two attached hydrogens (primary N) is 1. The molecule has 0 bridgehead atoms. The van der Waals surface area contributed by atoms with Gasteiger partial charge < -0.3 is 20.1 Å². The SMILES string of the molecule is COc1ccc(C2CCN(C(=O)[C@@H]3CC[C@H](CN)O3)CC2)cc1. The number of rotatable bonds is 4. The van der Waals surface area contributed by atoms with Gasteiger partial charge in [0.15, 0.2) is 0 Å². The van der Waals surface area contributed by atoms with Gasteiger partial charge in [-0.05, 0) is 49.3 Å². The van der Waals surface area contributed by atoms with E-state index in [-0.39, 0.29) is 18.1 Å². The number of hydrogen-bond donors (Lipinski definition) is 1. The first-order valence-electron chi connectivity index (χ1n) is 8.49. The van der Waals surface area contributed by atoms with Gasteiger partial charge in [0, 0.05) is 19.6 Å². The second kappa shape index (κ2) is 7.32. The van der Waals surface area contributed by atoms with E-state index < -0.39 is 0 Å². The number of carbonyl (C=O) groups is 1. The number of methoxy groups -OCH3 is 1. The van der Waals surface area contributed by atoms with Crippen LogP contribution in [0.15, 0.2) is 24.3 Å². The van der Waals surface area contributed by atoms with E-state index in [0.29, 0.717) is 12.5 Å². The van der Waals surface area contributed by atoms with Crippen LogP contribution in [0.25, 0.3) is 0 Å². The van der Waals surface area contributed by atoms with Crippen molar-refractivity contribution in [3.63, 3.8) is 0 Å². The van der Waals surface area contributed by atoms with Gasteiger partial charge in [0.2, 0.25) is 0 Å². The number of amides is 1. The summed E-state index contributed by atoms with van der Waals surface area (Å²) in [5, 5.41) is 0. The molecule has 2 N–H and O–H groups in total. The molecule has 5 nitrogen and oxygen atoms in total. The van der Waals surface area contributed by atoms with Crippen LogP contribution in [0.2, 0.25) is 0 Å². The minimum absolute atomic E-state index is 0.0563. The van der Waals surface area contributed by atoms with Crippen LogP contribution in [0.1, 0.15) is 37.2 Å². The zero-order chi connectivity index (χ0) is 16.2. The van der Waals surface area contributed by atoms with Gasteiger partial charge in [0.1, 0.15) is 11.9 Å². The van der Waals surface area contributed by atoms with Gasteiger partial charge in [-0.25, -0.2) is 0 Å². The molecule has 0 unspecified atom stereocenters. The molecule has 2 aliphatic heterocycles. The van der Waals surface area contributed by atoms with Crippen molar-refractivity contribution in [1.29, 1.82) is 0 Å². The fraction of sp³-hybridized carbons (Fsp3) is 0.611. The fourth-order valence-electron chi connectivity index (χ4n) is 3.57. The van der Waals surface area contributed by atoms with Gasteiger partial charge in [-0.15, -0.1) is 0 Å². The first-order valence-corrected chi connectivity index (χ1v) is 8.49. The highest BCUT2D eigenvalue weighted by Gasteiger charge is 2.34. The molecule has 23 heavy (non-hydrogen) atoms. The molecule has 0 radical (unpaired) electrons. The van der Waals surface area contributed by atoms with Gasteiger partial charge in [0.25, 0.3) is 5.91 Å². The maximum atomic E-state index is 12.5. The van der Waals surface area contributed by atoms with Crippen molar-refractivity contribution >= 4 is 5.91 Å².